The molecule has 8 nitrogen and oxygen atoms in total. The first kappa shape index (κ1) is 25.0. The van der Waals surface area contributed by atoms with E-state index in [1.165, 1.54) is 0 Å². The normalized spacial score (nSPS) is 29.1. The standard InChI is InChI=1S/C29H29NO7/c1-12(2)14-4-6-15(7-5-14)18-8-13(3)24(32)22-19(18)10-16-9-17-11-20(31)23(28(30)36)27(35)29(17,37)26(34)21(16)25(22)33/h4-8,12,16-17,21,23,32,37H,9-11H2,1-3H3,(H2,30,36)/t16-,17+,21?,23?,29+/m1/s1. The lowest BCUT2D eigenvalue weighted by atomic mass is 9.53. The second-order valence-electron chi connectivity index (χ2n) is 11.0. The van der Waals surface area contributed by atoms with E-state index in [2.05, 4.69) is 13.8 Å². The highest BCUT2D eigenvalue weighted by molar-refractivity contribution is 6.31. The van der Waals surface area contributed by atoms with Crippen LogP contribution in [0.3, 0.4) is 0 Å². The van der Waals surface area contributed by atoms with Gasteiger partial charge in [0.1, 0.15) is 5.75 Å². The van der Waals surface area contributed by atoms with E-state index in [1.807, 2.05) is 30.3 Å². The zero-order valence-corrected chi connectivity index (χ0v) is 20.9. The first-order chi connectivity index (χ1) is 17.4. The summed E-state index contributed by atoms with van der Waals surface area (Å²) in [5.74, 6) is -9.66. The van der Waals surface area contributed by atoms with Crippen LogP contribution in [0.2, 0.25) is 0 Å². The molecule has 2 aromatic rings. The van der Waals surface area contributed by atoms with Crippen molar-refractivity contribution >= 4 is 29.0 Å². The maximum absolute atomic E-state index is 13.8. The number of hydrogen-bond acceptors (Lipinski definition) is 7. The van der Waals surface area contributed by atoms with Crippen LogP contribution in [-0.4, -0.2) is 44.9 Å². The SMILES string of the molecule is Cc1cc(-c2ccc(C(C)C)cc2)c2c(c1O)C(=O)C1C(=O)[C@]3(O)C(=O)C(C(N)=O)C(=O)C[C@@H]3C[C@@H]1C2. The van der Waals surface area contributed by atoms with E-state index in [1.54, 1.807) is 6.92 Å². The topological polar surface area (TPSA) is 152 Å². The molecule has 3 aliphatic rings. The van der Waals surface area contributed by atoms with E-state index in [9.17, 15) is 34.2 Å². The second-order valence-corrected chi connectivity index (χ2v) is 11.0. The van der Waals surface area contributed by atoms with Crippen LogP contribution in [-0.2, 0) is 25.6 Å². The third-order valence-corrected chi connectivity index (χ3v) is 8.48. The van der Waals surface area contributed by atoms with Crippen LogP contribution in [0.5, 0.6) is 5.75 Å². The number of aliphatic hydroxyl groups is 1. The molecule has 0 aromatic heterocycles. The summed E-state index contributed by atoms with van der Waals surface area (Å²) in [6, 6.07) is 9.77. The average molecular weight is 504 g/mol. The van der Waals surface area contributed by atoms with Gasteiger partial charge in [0.05, 0.1) is 11.5 Å². The highest BCUT2D eigenvalue weighted by Gasteiger charge is 2.66. The molecule has 2 fully saturated rings. The molecular formula is C29H29NO7. The molecule has 5 rings (SSSR count). The number of phenols is 1. The maximum Gasteiger partial charge on any atom is 0.235 e. The fourth-order valence-corrected chi connectivity index (χ4v) is 6.47. The summed E-state index contributed by atoms with van der Waals surface area (Å²) in [5, 5.41) is 22.2. The Hall–Kier alpha value is -3.65. The van der Waals surface area contributed by atoms with Crippen LogP contribution in [0.15, 0.2) is 30.3 Å². The summed E-state index contributed by atoms with van der Waals surface area (Å²) in [5.41, 5.74) is 6.45. The van der Waals surface area contributed by atoms with E-state index in [0.29, 0.717) is 17.0 Å². The number of fused-ring (bicyclic) bond motifs is 3. The van der Waals surface area contributed by atoms with Crippen LogP contribution in [0, 0.1) is 30.6 Å². The van der Waals surface area contributed by atoms with E-state index >= 15 is 0 Å². The fourth-order valence-electron chi connectivity index (χ4n) is 6.47. The summed E-state index contributed by atoms with van der Waals surface area (Å²) in [6.45, 7) is 5.85. The molecule has 0 spiro atoms. The molecule has 8 heteroatoms. The summed E-state index contributed by atoms with van der Waals surface area (Å²) in [4.78, 5) is 64.8. The maximum atomic E-state index is 13.8. The number of amides is 1. The zero-order valence-electron chi connectivity index (χ0n) is 20.9. The van der Waals surface area contributed by atoms with E-state index in [-0.39, 0.29) is 30.6 Å². The molecule has 0 heterocycles. The van der Waals surface area contributed by atoms with Gasteiger partial charge < -0.3 is 15.9 Å². The number of Topliss-reactive ketones (excluding diaryl/α,β-unsaturated/α-hetero) is 4. The van der Waals surface area contributed by atoms with Crippen LogP contribution >= 0.6 is 0 Å². The van der Waals surface area contributed by atoms with Crippen molar-refractivity contribution < 1.29 is 34.2 Å². The number of nitrogens with two attached hydrogens (primary N) is 1. The summed E-state index contributed by atoms with van der Waals surface area (Å²) >= 11 is 0. The molecule has 3 aliphatic carbocycles. The number of ketones is 4. The molecule has 2 aromatic carbocycles. The molecule has 0 bridgehead atoms. The Morgan fingerprint density at radius 2 is 1.70 bits per heavy atom. The number of benzene rings is 2. The van der Waals surface area contributed by atoms with Gasteiger partial charge in [0.2, 0.25) is 5.91 Å². The number of hydrogen-bond donors (Lipinski definition) is 3. The van der Waals surface area contributed by atoms with Crippen molar-refractivity contribution in [2.45, 2.75) is 51.6 Å². The predicted molar refractivity (Wildman–Crippen MR) is 133 cm³/mol. The van der Waals surface area contributed by atoms with Crippen LogP contribution in [0.4, 0.5) is 0 Å². The van der Waals surface area contributed by atoms with Gasteiger partial charge in [-0.3, -0.25) is 24.0 Å². The minimum Gasteiger partial charge on any atom is -0.507 e. The summed E-state index contributed by atoms with van der Waals surface area (Å²) in [7, 11) is 0. The quantitative estimate of drug-likeness (QED) is 0.544. The number of primary amides is 1. The Labute approximate surface area is 213 Å². The molecule has 2 saturated carbocycles. The molecule has 0 radical (unpaired) electrons. The van der Waals surface area contributed by atoms with Crippen molar-refractivity contribution in [2.24, 2.45) is 29.4 Å². The molecule has 2 unspecified atom stereocenters. The van der Waals surface area contributed by atoms with E-state index in [0.717, 1.165) is 16.7 Å². The predicted octanol–water partition coefficient (Wildman–Crippen LogP) is 2.43. The third kappa shape index (κ3) is 3.49. The van der Waals surface area contributed by atoms with E-state index < -0.39 is 58.3 Å². The summed E-state index contributed by atoms with van der Waals surface area (Å²) < 4.78 is 0. The van der Waals surface area contributed by atoms with Gasteiger partial charge in [0.15, 0.2) is 34.7 Å². The van der Waals surface area contributed by atoms with Crippen molar-refractivity contribution in [1.82, 2.24) is 0 Å². The van der Waals surface area contributed by atoms with Crippen molar-refractivity contribution in [2.75, 3.05) is 0 Å². The van der Waals surface area contributed by atoms with Crippen molar-refractivity contribution in [3.8, 4) is 16.9 Å². The second kappa shape index (κ2) is 8.45. The third-order valence-electron chi connectivity index (χ3n) is 8.48. The lowest BCUT2D eigenvalue weighted by Gasteiger charge is -2.48. The first-order valence-corrected chi connectivity index (χ1v) is 12.5. The van der Waals surface area contributed by atoms with Crippen molar-refractivity contribution in [3.05, 3.63) is 52.6 Å². The van der Waals surface area contributed by atoms with Gasteiger partial charge in [-0.05, 0) is 65.5 Å². The lowest BCUT2D eigenvalue weighted by Crippen LogP contribution is -2.68. The number of phenolic OH excluding ortho intramolecular Hbond substituents is 1. The number of rotatable bonds is 3. The Balaban J connectivity index is 1.62. The first-order valence-electron chi connectivity index (χ1n) is 12.5. The van der Waals surface area contributed by atoms with E-state index in [4.69, 9.17) is 5.73 Å². The number of aryl methyl sites for hydroxylation is 1. The van der Waals surface area contributed by atoms with Crippen LogP contribution in [0.25, 0.3) is 11.1 Å². The fraction of sp³-hybridized carbons (Fsp3) is 0.414. The minimum atomic E-state index is -2.64. The average Bonchev–Trinajstić information content (AvgIpc) is 2.83. The molecule has 0 saturated heterocycles. The van der Waals surface area contributed by atoms with Gasteiger partial charge in [0.25, 0.3) is 0 Å². The lowest BCUT2D eigenvalue weighted by molar-refractivity contribution is -0.175. The molecule has 5 atom stereocenters. The molecule has 37 heavy (non-hydrogen) atoms. The highest BCUT2D eigenvalue weighted by atomic mass is 16.3. The highest BCUT2D eigenvalue weighted by Crippen LogP contribution is 2.51. The molecule has 0 aliphatic heterocycles. The number of aromatic hydroxyl groups is 1. The largest absolute Gasteiger partial charge is 0.507 e. The molecular weight excluding hydrogens is 474 g/mol. The Morgan fingerprint density at radius 1 is 1.05 bits per heavy atom. The van der Waals surface area contributed by atoms with Gasteiger partial charge >= 0.3 is 0 Å². The monoisotopic (exact) mass is 503 g/mol. The minimum absolute atomic E-state index is 0.0189. The zero-order chi connectivity index (χ0) is 27.0. The Morgan fingerprint density at radius 3 is 2.30 bits per heavy atom. The van der Waals surface area contributed by atoms with Crippen LogP contribution in [0.1, 0.15) is 59.7 Å². The van der Waals surface area contributed by atoms with Gasteiger partial charge in [-0.1, -0.05) is 38.1 Å². The molecule has 192 valence electrons. The summed E-state index contributed by atoms with van der Waals surface area (Å²) in [6.07, 6.45) is -0.0310. The molecule has 4 N–H and O–H groups in total. The van der Waals surface area contributed by atoms with Crippen molar-refractivity contribution in [3.63, 3.8) is 0 Å². The van der Waals surface area contributed by atoms with Gasteiger partial charge in [-0.15, -0.1) is 0 Å². The Kier molecular flexibility index (Phi) is 5.71. The van der Waals surface area contributed by atoms with Gasteiger partial charge in [-0.2, -0.15) is 0 Å². The van der Waals surface area contributed by atoms with Crippen molar-refractivity contribution in [1.29, 1.82) is 0 Å². The van der Waals surface area contributed by atoms with Gasteiger partial charge in [0, 0.05) is 12.3 Å². The smallest absolute Gasteiger partial charge is 0.235 e. The Bertz CT molecular complexity index is 1390. The van der Waals surface area contributed by atoms with Gasteiger partial charge in [-0.25, -0.2) is 0 Å². The molecule has 1 amide bonds. The number of carbonyl (C=O) groups is 5. The van der Waals surface area contributed by atoms with Crippen LogP contribution < -0.4 is 5.73 Å². The number of carbonyl (C=O) groups excluding carboxylic acids is 5.